The Balaban J connectivity index is 2.52. The monoisotopic (exact) mass is 200 g/mol. The van der Waals surface area contributed by atoms with Crippen LogP contribution in [0, 0.1) is 5.92 Å². The van der Waals surface area contributed by atoms with Crippen molar-refractivity contribution >= 4 is 11.6 Å². The number of hydrogen-bond acceptors (Lipinski definition) is 2. The van der Waals surface area contributed by atoms with E-state index < -0.39 is 5.60 Å². The molecule has 0 radical (unpaired) electrons. The lowest BCUT2D eigenvalue weighted by atomic mass is 9.90. The Hall–Kier alpha value is -0.510. The molecule has 1 aliphatic rings. The van der Waals surface area contributed by atoms with Crippen molar-refractivity contribution in [3.8, 4) is 0 Å². The molecule has 13 heavy (non-hydrogen) atoms. The highest BCUT2D eigenvalue weighted by Gasteiger charge is 2.43. The van der Waals surface area contributed by atoms with E-state index in [0.29, 0.717) is 5.15 Å². The molecule has 0 amide bonds. The maximum Gasteiger partial charge on any atom is 0.109 e. The fraction of sp³-hybridized carbons (Fsp3) is 0.556. The van der Waals surface area contributed by atoms with Gasteiger partial charge in [-0.1, -0.05) is 18.5 Å². The number of aromatic amines is 1. The summed E-state index contributed by atoms with van der Waals surface area (Å²) < 4.78 is 0. The summed E-state index contributed by atoms with van der Waals surface area (Å²) in [5, 5.41) is 10.9. The first-order valence-corrected chi connectivity index (χ1v) is 4.76. The highest BCUT2D eigenvalue weighted by molar-refractivity contribution is 6.30. The lowest BCUT2D eigenvalue weighted by Crippen LogP contribution is -2.37. The van der Waals surface area contributed by atoms with Gasteiger partial charge < -0.3 is 15.8 Å². The predicted molar refractivity (Wildman–Crippen MR) is 51.6 cm³/mol. The average Bonchev–Trinajstić information content (AvgIpc) is 2.57. The second-order valence-corrected chi connectivity index (χ2v) is 4.11. The largest absolute Gasteiger partial charge is 0.383 e. The van der Waals surface area contributed by atoms with Crippen LogP contribution < -0.4 is 5.73 Å². The minimum atomic E-state index is -0.890. The van der Waals surface area contributed by atoms with Crippen LogP contribution in [0.15, 0.2) is 6.20 Å². The summed E-state index contributed by atoms with van der Waals surface area (Å²) in [6.07, 6.45) is 2.55. The molecule has 0 saturated carbocycles. The predicted octanol–water partition coefficient (Wildman–Crippen LogP) is 1.01. The maximum atomic E-state index is 10.2. The highest BCUT2D eigenvalue weighted by Crippen LogP contribution is 2.43. The quantitative estimate of drug-likeness (QED) is 0.634. The zero-order valence-electron chi connectivity index (χ0n) is 7.47. The summed E-state index contributed by atoms with van der Waals surface area (Å²) in [7, 11) is 0. The molecule has 4 heteroatoms. The van der Waals surface area contributed by atoms with Gasteiger partial charge in [0.2, 0.25) is 0 Å². The maximum absolute atomic E-state index is 10.2. The number of rotatable bonds is 1. The van der Waals surface area contributed by atoms with Crippen molar-refractivity contribution in [1.82, 2.24) is 4.98 Å². The number of aliphatic hydroxyl groups is 1. The van der Waals surface area contributed by atoms with E-state index in [2.05, 4.69) is 4.98 Å². The van der Waals surface area contributed by atoms with Gasteiger partial charge in [-0.05, 0) is 17.9 Å². The zero-order valence-corrected chi connectivity index (χ0v) is 8.23. The van der Waals surface area contributed by atoms with Crippen LogP contribution in [-0.2, 0) is 12.0 Å². The summed E-state index contributed by atoms with van der Waals surface area (Å²) in [5.41, 5.74) is 6.57. The highest BCUT2D eigenvalue weighted by atomic mass is 35.5. The summed E-state index contributed by atoms with van der Waals surface area (Å²) in [6.45, 7) is 2.23. The topological polar surface area (TPSA) is 62.0 Å². The van der Waals surface area contributed by atoms with Crippen LogP contribution >= 0.6 is 11.6 Å². The Morgan fingerprint density at radius 3 is 3.15 bits per heavy atom. The van der Waals surface area contributed by atoms with Gasteiger partial charge in [0.15, 0.2) is 0 Å². The Labute approximate surface area is 81.9 Å². The lowest BCUT2D eigenvalue weighted by Gasteiger charge is -2.26. The number of fused-ring (bicyclic) bond motifs is 1. The van der Waals surface area contributed by atoms with Gasteiger partial charge in [0, 0.05) is 18.3 Å². The molecule has 2 unspecified atom stereocenters. The van der Waals surface area contributed by atoms with Gasteiger partial charge in [-0.25, -0.2) is 0 Å². The molecule has 3 nitrogen and oxygen atoms in total. The number of halogens is 1. The smallest absolute Gasteiger partial charge is 0.109 e. The van der Waals surface area contributed by atoms with E-state index in [1.807, 2.05) is 6.92 Å². The fourth-order valence-electron chi connectivity index (χ4n) is 2.07. The molecule has 2 rings (SSSR count). The minimum Gasteiger partial charge on any atom is -0.383 e. The van der Waals surface area contributed by atoms with E-state index in [9.17, 15) is 5.11 Å². The standard InChI is InChI=1S/C9H13ClN2O/c1-5-2-6-7(3-12-8(6)10)9(5,13)4-11/h3,5,12-13H,2,4,11H2,1H3. The molecular weight excluding hydrogens is 188 g/mol. The Kier molecular flexibility index (Phi) is 1.91. The third-order valence-corrected chi connectivity index (χ3v) is 3.37. The van der Waals surface area contributed by atoms with Crippen LogP contribution in [0.3, 0.4) is 0 Å². The summed E-state index contributed by atoms with van der Waals surface area (Å²) >= 11 is 5.93. The molecule has 0 bridgehead atoms. The van der Waals surface area contributed by atoms with Crippen molar-refractivity contribution < 1.29 is 5.11 Å². The first-order valence-electron chi connectivity index (χ1n) is 4.38. The van der Waals surface area contributed by atoms with E-state index in [1.54, 1.807) is 6.20 Å². The van der Waals surface area contributed by atoms with Crippen molar-refractivity contribution in [3.63, 3.8) is 0 Å². The van der Waals surface area contributed by atoms with Crippen LogP contribution in [0.1, 0.15) is 18.1 Å². The number of nitrogens with two attached hydrogens (primary N) is 1. The molecular formula is C9H13ClN2O. The van der Waals surface area contributed by atoms with Crippen molar-refractivity contribution in [2.75, 3.05) is 6.54 Å². The van der Waals surface area contributed by atoms with E-state index in [4.69, 9.17) is 17.3 Å². The van der Waals surface area contributed by atoms with Crippen LogP contribution in [0.25, 0.3) is 0 Å². The summed E-state index contributed by atoms with van der Waals surface area (Å²) in [4.78, 5) is 2.90. The minimum absolute atomic E-state index is 0.148. The van der Waals surface area contributed by atoms with Gasteiger partial charge in [0.1, 0.15) is 10.8 Å². The van der Waals surface area contributed by atoms with Gasteiger partial charge in [0.05, 0.1) is 0 Å². The molecule has 4 N–H and O–H groups in total. The van der Waals surface area contributed by atoms with Crippen LogP contribution in [-0.4, -0.2) is 16.6 Å². The fourth-order valence-corrected chi connectivity index (χ4v) is 2.30. The van der Waals surface area contributed by atoms with E-state index in [1.165, 1.54) is 0 Å². The molecule has 1 aliphatic carbocycles. The summed E-state index contributed by atoms with van der Waals surface area (Å²) in [5.74, 6) is 0.148. The molecule has 2 atom stereocenters. The van der Waals surface area contributed by atoms with E-state index in [0.717, 1.165) is 17.5 Å². The third-order valence-electron chi connectivity index (χ3n) is 3.04. The zero-order chi connectivity index (χ0) is 9.64. The lowest BCUT2D eigenvalue weighted by molar-refractivity contribution is 0.00474. The summed E-state index contributed by atoms with van der Waals surface area (Å²) in [6, 6.07) is 0. The SMILES string of the molecule is CC1Cc2c(c[nH]c2Cl)C1(O)CN. The van der Waals surface area contributed by atoms with Crippen molar-refractivity contribution in [2.45, 2.75) is 18.9 Å². The molecule has 0 spiro atoms. The van der Waals surface area contributed by atoms with Crippen molar-refractivity contribution in [2.24, 2.45) is 11.7 Å². The molecule has 1 aromatic heterocycles. The Morgan fingerprint density at radius 2 is 2.54 bits per heavy atom. The molecule has 0 aromatic carbocycles. The van der Waals surface area contributed by atoms with Gasteiger partial charge in [0.25, 0.3) is 0 Å². The van der Waals surface area contributed by atoms with Gasteiger partial charge in [-0.2, -0.15) is 0 Å². The van der Waals surface area contributed by atoms with Gasteiger partial charge >= 0.3 is 0 Å². The number of nitrogens with one attached hydrogen (secondary N) is 1. The molecule has 1 aromatic rings. The average molecular weight is 201 g/mol. The second kappa shape index (κ2) is 2.74. The number of hydrogen-bond donors (Lipinski definition) is 3. The molecule has 0 fully saturated rings. The first kappa shape index (κ1) is 9.06. The number of H-pyrrole nitrogens is 1. The van der Waals surface area contributed by atoms with Crippen molar-refractivity contribution in [1.29, 1.82) is 0 Å². The van der Waals surface area contributed by atoms with Gasteiger partial charge in [-0.3, -0.25) is 0 Å². The third kappa shape index (κ3) is 1.04. The first-order chi connectivity index (χ1) is 6.09. The molecule has 0 saturated heterocycles. The van der Waals surface area contributed by atoms with Crippen LogP contribution in [0.4, 0.5) is 0 Å². The second-order valence-electron chi connectivity index (χ2n) is 3.73. The van der Waals surface area contributed by atoms with E-state index >= 15 is 0 Å². The normalized spacial score (nSPS) is 32.2. The molecule has 0 aliphatic heterocycles. The van der Waals surface area contributed by atoms with Crippen LogP contribution in [0.5, 0.6) is 0 Å². The Morgan fingerprint density at radius 1 is 1.85 bits per heavy atom. The Bertz CT molecular complexity index is 336. The molecule has 72 valence electrons. The molecule has 1 heterocycles. The van der Waals surface area contributed by atoms with Gasteiger partial charge in [-0.15, -0.1) is 0 Å². The van der Waals surface area contributed by atoms with E-state index in [-0.39, 0.29) is 12.5 Å². The van der Waals surface area contributed by atoms with Crippen molar-refractivity contribution in [3.05, 3.63) is 22.5 Å². The van der Waals surface area contributed by atoms with Crippen LogP contribution in [0.2, 0.25) is 5.15 Å². The number of aromatic nitrogens is 1.